The topological polar surface area (TPSA) is 90.6 Å². The molecule has 0 unspecified atom stereocenters. The molecule has 3 aromatic rings. The van der Waals surface area contributed by atoms with E-state index >= 15 is 0 Å². The van der Waals surface area contributed by atoms with Gasteiger partial charge in [0.15, 0.2) is 22.5 Å². The lowest BCUT2D eigenvalue weighted by Crippen LogP contribution is -2.20. The third-order valence-electron chi connectivity index (χ3n) is 5.85. The Labute approximate surface area is 214 Å². The number of carbonyl (C=O) groups excluding carboxylic acids is 1. The number of rotatable bonds is 9. The van der Waals surface area contributed by atoms with Gasteiger partial charge >= 0.3 is 0 Å². The second-order valence-corrected chi connectivity index (χ2v) is 9.55. The Kier molecular flexibility index (Phi) is 8.65. The molecule has 0 spiro atoms. The van der Waals surface area contributed by atoms with Crippen molar-refractivity contribution < 1.29 is 14.3 Å². The standard InChI is InChI=1S/C25H28ClN5O3S/c1-33-21-13-8-17(14-22(21)34-2)15-27-28-23(32)16-35-25-30-29-24(18-9-11-19(26)12-10-18)31(25)20-6-4-3-5-7-20/h8-15,20H,3-7,16H2,1-2H3,(H,28,32)/b27-15-. The molecule has 0 bridgehead atoms. The van der Waals surface area contributed by atoms with E-state index in [1.807, 2.05) is 30.3 Å². The third-order valence-corrected chi connectivity index (χ3v) is 7.04. The summed E-state index contributed by atoms with van der Waals surface area (Å²) in [4.78, 5) is 12.5. The Bertz CT molecular complexity index is 1180. The van der Waals surface area contributed by atoms with Crippen LogP contribution in [0, 0.1) is 0 Å². The molecule has 1 saturated carbocycles. The van der Waals surface area contributed by atoms with Crippen molar-refractivity contribution in [2.45, 2.75) is 43.3 Å². The monoisotopic (exact) mass is 513 g/mol. The van der Waals surface area contributed by atoms with E-state index < -0.39 is 0 Å². The number of halogens is 1. The maximum atomic E-state index is 12.5. The highest BCUT2D eigenvalue weighted by atomic mass is 35.5. The molecule has 4 rings (SSSR count). The van der Waals surface area contributed by atoms with Crippen LogP contribution in [0.1, 0.15) is 43.7 Å². The van der Waals surface area contributed by atoms with Crippen molar-refractivity contribution in [1.29, 1.82) is 0 Å². The minimum atomic E-state index is -0.224. The molecule has 184 valence electrons. The lowest BCUT2D eigenvalue weighted by molar-refractivity contribution is -0.118. The van der Waals surface area contributed by atoms with Gasteiger partial charge in [-0.1, -0.05) is 42.6 Å². The predicted molar refractivity (Wildman–Crippen MR) is 139 cm³/mol. The smallest absolute Gasteiger partial charge is 0.250 e. The van der Waals surface area contributed by atoms with Gasteiger partial charge in [-0.25, -0.2) is 5.43 Å². The summed E-state index contributed by atoms with van der Waals surface area (Å²) in [5, 5.41) is 14.4. The normalized spacial score (nSPS) is 14.3. The second-order valence-electron chi connectivity index (χ2n) is 8.17. The van der Waals surface area contributed by atoms with Crippen LogP contribution in [0.4, 0.5) is 0 Å². The van der Waals surface area contributed by atoms with Gasteiger partial charge in [0, 0.05) is 16.6 Å². The van der Waals surface area contributed by atoms with Gasteiger partial charge in [-0.3, -0.25) is 9.36 Å². The summed E-state index contributed by atoms with van der Waals surface area (Å²) in [6.45, 7) is 0. The van der Waals surface area contributed by atoms with Crippen molar-refractivity contribution in [2.24, 2.45) is 5.10 Å². The van der Waals surface area contributed by atoms with Crippen LogP contribution in [0.2, 0.25) is 5.02 Å². The Balaban J connectivity index is 1.43. The fourth-order valence-electron chi connectivity index (χ4n) is 4.11. The van der Waals surface area contributed by atoms with E-state index in [0.29, 0.717) is 22.6 Å². The molecule has 1 amide bonds. The molecule has 35 heavy (non-hydrogen) atoms. The van der Waals surface area contributed by atoms with Crippen LogP contribution in [0.3, 0.4) is 0 Å². The van der Waals surface area contributed by atoms with Gasteiger partial charge in [-0.2, -0.15) is 5.10 Å². The van der Waals surface area contributed by atoms with Crippen LogP contribution in [0.15, 0.2) is 52.7 Å². The molecule has 0 saturated heterocycles. The van der Waals surface area contributed by atoms with E-state index in [9.17, 15) is 4.79 Å². The van der Waals surface area contributed by atoms with E-state index in [1.165, 1.54) is 31.0 Å². The molecule has 1 heterocycles. The van der Waals surface area contributed by atoms with Gasteiger partial charge < -0.3 is 9.47 Å². The Morgan fingerprint density at radius 3 is 2.57 bits per heavy atom. The van der Waals surface area contributed by atoms with E-state index in [2.05, 4.69) is 25.3 Å². The number of methoxy groups -OCH3 is 2. The van der Waals surface area contributed by atoms with E-state index in [-0.39, 0.29) is 11.7 Å². The zero-order valence-corrected chi connectivity index (χ0v) is 21.3. The Morgan fingerprint density at radius 2 is 1.86 bits per heavy atom. The van der Waals surface area contributed by atoms with Crippen molar-refractivity contribution in [1.82, 2.24) is 20.2 Å². The van der Waals surface area contributed by atoms with Gasteiger partial charge in [0.05, 0.1) is 26.2 Å². The number of benzene rings is 2. The predicted octanol–water partition coefficient (Wildman–Crippen LogP) is 5.36. The number of nitrogens with zero attached hydrogens (tertiary/aromatic N) is 4. The first-order chi connectivity index (χ1) is 17.1. The average molecular weight is 514 g/mol. The SMILES string of the molecule is COc1ccc(/C=N\NC(=O)CSc2nnc(-c3ccc(Cl)cc3)n2C2CCCCC2)cc1OC. The largest absolute Gasteiger partial charge is 0.493 e. The zero-order chi connectivity index (χ0) is 24.6. The summed E-state index contributed by atoms with van der Waals surface area (Å²) in [5.74, 6) is 1.98. The molecule has 2 aromatic carbocycles. The number of ether oxygens (including phenoxy) is 2. The van der Waals surface area contributed by atoms with Gasteiger partial charge in [0.25, 0.3) is 5.91 Å². The van der Waals surface area contributed by atoms with Crippen LogP contribution in [-0.4, -0.2) is 46.9 Å². The second kappa shape index (κ2) is 12.1. The molecule has 0 radical (unpaired) electrons. The summed E-state index contributed by atoms with van der Waals surface area (Å²) >= 11 is 7.44. The van der Waals surface area contributed by atoms with E-state index in [0.717, 1.165) is 34.9 Å². The van der Waals surface area contributed by atoms with Gasteiger partial charge in [-0.15, -0.1) is 10.2 Å². The summed E-state index contributed by atoms with van der Waals surface area (Å²) in [7, 11) is 3.15. The van der Waals surface area contributed by atoms with Crippen molar-refractivity contribution in [2.75, 3.05) is 20.0 Å². The van der Waals surface area contributed by atoms with Crippen LogP contribution < -0.4 is 14.9 Å². The summed E-state index contributed by atoms with van der Waals surface area (Å²) in [5.41, 5.74) is 4.32. The molecule has 0 aliphatic heterocycles. The fourth-order valence-corrected chi connectivity index (χ4v) is 5.04. The number of thioether (sulfide) groups is 1. The minimum absolute atomic E-state index is 0.175. The summed E-state index contributed by atoms with van der Waals surface area (Å²) in [6, 6.07) is 13.3. The van der Waals surface area contributed by atoms with E-state index in [4.69, 9.17) is 21.1 Å². The van der Waals surface area contributed by atoms with Crippen molar-refractivity contribution in [3.8, 4) is 22.9 Å². The van der Waals surface area contributed by atoms with Crippen LogP contribution >= 0.6 is 23.4 Å². The molecule has 1 aliphatic rings. The third kappa shape index (κ3) is 6.35. The zero-order valence-electron chi connectivity index (χ0n) is 19.7. The lowest BCUT2D eigenvalue weighted by atomic mass is 9.95. The first-order valence-corrected chi connectivity index (χ1v) is 12.8. The van der Waals surface area contributed by atoms with Crippen LogP contribution in [-0.2, 0) is 4.79 Å². The molecule has 1 aliphatic carbocycles. The van der Waals surface area contributed by atoms with E-state index in [1.54, 1.807) is 32.6 Å². The Morgan fingerprint density at radius 1 is 1.11 bits per heavy atom. The maximum absolute atomic E-state index is 12.5. The summed E-state index contributed by atoms with van der Waals surface area (Å²) in [6.07, 6.45) is 7.32. The molecule has 1 fully saturated rings. The number of hydrogen-bond donors (Lipinski definition) is 1. The average Bonchev–Trinajstić information content (AvgIpc) is 3.32. The molecule has 8 nitrogen and oxygen atoms in total. The Hall–Kier alpha value is -3.04. The molecular weight excluding hydrogens is 486 g/mol. The minimum Gasteiger partial charge on any atom is -0.493 e. The van der Waals surface area contributed by atoms with Crippen molar-refractivity contribution in [3.05, 3.63) is 53.1 Å². The highest BCUT2D eigenvalue weighted by Crippen LogP contribution is 2.35. The summed E-state index contributed by atoms with van der Waals surface area (Å²) < 4.78 is 12.7. The molecule has 10 heteroatoms. The number of hydrazone groups is 1. The van der Waals surface area contributed by atoms with Crippen molar-refractivity contribution >= 4 is 35.5 Å². The van der Waals surface area contributed by atoms with Crippen molar-refractivity contribution in [3.63, 3.8) is 0 Å². The molecule has 1 N–H and O–H groups in total. The quantitative estimate of drug-likeness (QED) is 0.235. The lowest BCUT2D eigenvalue weighted by Gasteiger charge is -2.25. The molecule has 1 aromatic heterocycles. The van der Waals surface area contributed by atoms with Crippen LogP contribution in [0.5, 0.6) is 11.5 Å². The highest BCUT2D eigenvalue weighted by molar-refractivity contribution is 7.99. The maximum Gasteiger partial charge on any atom is 0.250 e. The number of aromatic nitrogens is 3. The number of hydrogen-bond acceptors (Lipinski definition) is 7. The number of amides is 1. The molecule has 0 atom stereocenters. The van der Waals surface area contributed by atoms with Gasteiger partial charge in [0.2, 0.25) is 0 Å². The highest BCUT2D eigenvalue weighted by Gasteiger charge is 2.24. The number of nitrogens with one attached hydrogen (secondary N) is 1. The first-order valence-electron chi connectivity index (χ1n) is 11.5. The van der Waals surface area contributed by atoms with Crippen LogP contribution in [0.25, 0.3) is 11.4 Å². The molecular formula is C25H28ClN5O3S. The van der Waals surface area contributed by atoms with Gasteiger partial charge in [0.1, 0.15) is 0 Å². The van der Waals surface area contributed by atoms with Gasteiger partial charge in [-0.05, 0) is 60.9 Å². The number of carbonyl (C=O) groups is 1. The fraction of sp³-hybridized carbons (Fsp3) is 0.360. The first kappa shape index (κ1) is 25.1.